The Kier molecular flexibility index (Phi) is 3.19. The van der Waals surface area contributed by atoms with Crippen molar-refractivity contribution in [3.05, 3.63) is 12.7 Å². The summed E-state index contributed by atoms with van der Waals surface area (Å²) in [6.07, 6.45) is 1.61. The van der Waals surface area contributed by atoms with Gasteiger partial charge in [0.15, 0.2) is 0 Å². The molecule has 0 saturated carbocycles. The third-order valence-corrected chi connectivity index (χ3v) is 0.837. The second-order valence-corrected chi connectivity index (χ2v) is 1.55. The van der Waals surface area contributed by atoms with E-state index in [1.54, 1.807) is 6.08 Å². The van der Waals surface area contributed by atoms with E-state index in [1.807, 2.05) is 0 Å². The first-order valence-electron chi connectivity index (χ1n) is 1.78. The average Bonchev–Trinajstić information content (AvgIpc) is 1.65. The lowest BCUT2D eigenvalue weighted by Crippen LogP contribution is -2.09. The SMILES string of the molecule is C=CC(Cl)CN. The van der Waals surface area contributed by atoms with Crippen molar-refractivity contribution in [2.24, 2.45) is 5.73 Å². The van der Waals surface area contributed by atoms with Crippen molar-refractivity contribution in [2.45, 2.75) is 5.38 Å². The summed E-state index contributed by atoms with van der Waals surface area (Å²) in [6.45, 7) is 3.90. The maximum atomic E-state index is 5.41. The smallest absolute Gasteiger partial charge is 0.0635 e. The molecule has 0 aromatic heterocycles. The van der Waals surface area contributed by atoms with Gasteiger partial charge in [0.1, 0.15) is 0 Å². The Balaban J connectivity index is 2.96. The van der Waals surface area contributed by atoms with Crippen molar-refractivity contribution < 1.29 is 0 Å². The van der Waals surface area contributed by atoms with Crippen molar-refractivity contribution in [3.8, 4) is 0 Å². The van der Waals surface area contributed by atoms with Crippen molar-refractivity contribution in [3.63, 3.8) is 0 Å². The lowest BCUT2D eigenvalue weighted by Gasteiger charge is -1.91. The molecule has 6 heavy (non-hydrogen) atoms. The van der Waals surface area contributed by atoms with Gasteiger partial charge in [-0.2, -0.15) is 0 Å². The van der Waals surface area contributed by atoms with Crippen molar-refractivity contribution in [2.75, 3.05) is 6.54 Å². The zero-order valence-corrected chi connectivity index (χ0v) is 4.28. The van der Waals surface area contributed by atoms with E-state index >= 15 is 0 Å². The summed E-state index contributed by atoms with van der Waals surface area (Å²) in [4.78, 5) is 0. The van der Waals surface area contributed by atoms with Crippen LogP contribution in [0.2, 0.25) is 0 Å². The molecule has 1 nitrogen and oxygen atoms in total. The third kappa shape index (κ3) is 2.24. The minimum Gasteiger partial charge on any atom is -0.329 e. The standard InChI is InChI=1S/C4H8ClN/c1-2-4(5)3-6/h2,4H,1,3,6H2. The molecule has 2 N–H and O–H groups in total. The highest BCUT2D eigenvalue weighted by Gasteiger charge is 1.87. The van der Waals surface area contributed by atoms with Gasteiger partial charge in [-0.25, -0.2) is 0 Å². The van der Waals surface area contributed by atoms with Crippen LogP contribution in [0.5, 0.6) is 0 Å². The zero-order valence-electron chi connectivity index (χ0n) is 3.52. The van der Waals surface area contributed by atoms with Crippen LogP contribution in [-0.2, 0) is 0 Å². The molecule has 0 aliphatic carbocycles. The number of halogens is 1. The molecule has 0 bridgehead atoms. The molecule has 0 aliphatic rings. The van der Waals surface area contributed by atoms with Crippen LogP contribution in [-0.4, -0.2) is 11.9 Å². The van der Waals surface area contributed by atoms with E-state index in [-0.39, 0.29) is 5.38 Å². The van der Waals surface area contributed by atoms with Gasteiger partial charge in [0.25, 0.3) is 0 Å². The highest BCUT2D eigenvalue weighted by Crippen LogP contribution is 1.89. The number of nitrogens with two attached hydrogens (primary N) is 1. The number of hydrogen-bond donors (Lipinski definition) is 1. The first-order valence-corrected chi connectivity index (χ1v) is 2.21. The average molecular weight is 106 g/mol. The Morgan fingerprint density at radius 2 is 2.50 bits per heavy atom. The van der Waals surface area contributed by atoms with Gasteiger partial charge >= 0.3 is 0 Å². The molecule has 0 heterocycles. The van der Waals surface area contributed by atoms with Gasteiger partial charge in [-0.15, -0.1) is 18.2 Å². The molecule has 0 aromatic carbocycles. The van der Waals surface area contributed by atoms with Crippen molar-refractivity contribution in [1.82, 2.24) is 0 Å². The van der Waals surface area contributed by atoms with Crippen LogP contribution in [0, 0.1) is 0 Å². The summed E-state index contributed by atoms with van der Waals surface area (Å²) in [5.41, 5.74) is 5.08. The molecule has 0 saturated heterocycles. The predicted molar refractivity (Wildman–Crippen MR) is 28.9 cm³/mol. The van der Waals surface area contributed by atoms with Gasteiger partial charge in [-0.05, 0) is 0 Å². The van der Waals surface area contributed by atoms with E-state index in [0.29, 0.717) is 6.54 Å². The summed E-state index contributed by atoms with van der Waals surface area (Å²) >= 11 is 5.41. The van der Waals surface area contributed by atoms with Crippen LogP contribution >= 0.6 is 11.6 Å². The van der Waals surface area contributed by atoms with Gasteiger partial charge in [-0.3, -0.25) is 0 Å². The van der Waals surface area contributed by atoms with E-state index < -0.39 is 0 Å². The zero-order chi connectivity index (χ0) is 4.99. The van der Waals surface area contributed by atoms with Gasteiger partial charge in [0, 0.05) is 6.54 Å². The lowest BCUT2D eigenvalue weighted by molar-refractivity contribution is 1.02. The van der Waals surface area contributed by atoms with Gasteiger partial charge < -0.3 is 5.73 Å². The summed E-state index contributed by atoms with van der Waals surface area (Å²) in [5, 5.41) is -0.0509. The maximum absolute atomic E-state index is 5.41. The second kappa shape index (κ2) is 3.19. The fourth-order valence-corrected chi connectivity index (χ4v) is 0.0962. The van der Waals surface area contributed by atoms with Crippen LogP contribution in [0.15, 0.2) is 12.7 Å². The fourth-order valence-electron chi connectivity index (χ4n) is 0.0962. The first-order chi connectivity index (χ1) is 2.81. The Labute approximate surface area is 42.8 Å². The van der Waals surface area contributed by atoms with E-state index in [2.05, 4.69) is 6.58 Å². The van der Waals surface area contributed by atoms with E-state index in [4.69, 9.17) is 17.3 Å². The Hall–Kier alpha value is -0.0100. The Bertz CT molecular complexity index is 44.8. The largest absolute Gasteiger partial charge is 0.329 e. The highest BCUT2D eigenvalue weighted by atomic mass is 35.5. The van der Waals surface area contributed by atoms with Gasteiger partial charge in [-0.1, -0.05) is 6.08 Å². The molecule has 0 fully saturated rings. The van der Waals surface area contributed by atoms with Crippen LogP contribution in [0.3, 0.4) is 0 Å². The van der Waals surface area contributed by atoms with E-state index in [0.717, 1.165) is 0 Å². The maximum Gasteiger partial charge on any atom is 0.0635 e. The van der Waals surface area contributed by atoms with Crippen LogP contribution in [0.4, 0.5) is 0 Å². The molecule has 2 heteroatoms. The molecule has 1 atom stereocenters. The predicted octanol–water partition coefficient (Wildman–Crippen LogP) is 0.738. The molecule has 1 unspecified atom stereocenters. The monoisotopic (exact) mass is 105 g/mol. The summed E-state index contributed by atoms with van der Waals surface area (Å²) in [7, 11) is 0. The van der Waals surface area contributed by atoms with Gasteiger partial charge in [0.2, 0.25) is 0 Å². The lowest BCUT2D eigenvalue weighted by atomic mass is 10.4. The number of hydrogen-bond acceptors (Lipinski definition) is 1. The molecule has 0 aliphatic heterocycles. The normalized spacial score (nSPS) is 13.7. The summed E-state index contributed by atoms with van der Waals surface area (Å²) < 4.78 is 0. The number of alkyl halides is 1. The fraction of sp³-hybridized carbons (Fsp3) is 0.500. The molecule has 0 radical (unpaired) electrons. The Morgan fingerprint density at radius 1 is 2.00 bits per heavy atom. The Morgan fingerprint density at radius 3 is 2.50 bits per heavy atom. The summed E-state index contributed by atoms with van der Waals surface area (Å²) in [5.74, 6) is 0. The first kappa shape index (κ1) is 5.99. The van der Waals surface area contributed by atoms with Crippen molar-refractivity contribution in [1.29, 1.82) is 0 Å². The third-order valence-electron chi connectivity index (χ3n) is 0.481. The van der Waals surface area contributed by atoms with Crippen LogP contribution in [0.1, 0.15) is 0 Å². The van der Waals surface area contributed by atoms with Gasteiger partial charge in [0.05, 0.1) is 5.38 Å². The van der Waals surface area contributed by atoms with E-state index in [1.165, 1.54) is 0 Å². The molecule has 0 amide bonds. The van der Waals surface area contributed by atoms with Crippen LogP contribution < -0.4 is 5.73 Å². The minimum absolute atomic E-state index is 0.0509. The minimum atomic E-state index is -0.0509. The second-order valence-electron chi connectivity index (χ2n) is 0.987. The molecule has 0 rings (SSSR count). The molecule has 0 aromatic rings. The molecule has 0 spiro atoms. The topological polar surface area (TPSA) is 26.0 Å². The molecular formula is C4H8ClN. The van der Waals surface area contributed by atoms with Crippen molar-refractivity contribution >= 4 is 11.6 Å². The van der Waals surface area contributed by atoms with E-state index in [9.17, 15) is 0 Å². The van der Waals surface area contributed by atoms with Crippen LogP contribution in [0.25, 0.3) is 0 Å². The molecular weight excluding hydrogens is 97.5 g/mol. The summed E-state index contributed by atoms with van der Waals surface area (Å²) in [6, 6.07) is 0. The number of rotatable bonds is 2. The quantitative estimate of drug-likeness (QED) is 0.407. The molecule has 36 valence electrons. The highest BCUT2D eigenvalue weighted by molar-refractivity contribution is 6.21.